The molecule has 6 heteroatoms. The standard InChI is InChI=1S/C15H17ClN2O3/c16-10-5-2-6-11(12(10)14(17)19)18-7-8-3-1-4-9(8)13(18)15(20)21/h2,5-6,8-9,13H,1,3-4,7H2,(H2,17,19)(H,20,21). The van der Waals surface area contributed by atoms with Crippen LogP contribution in [-0.4, -0.2) is 29.6 Å². The van der Waals surface area contributed by atoms with Gasteiger partial charge in [0.05, 0.1) is 16.3 Å². The van der Waals surface area contributed by atoms with Crippen LogP contribution in [0, 0.1) is 11.8 Å². The number of rotatable bonds is 3. The SMILES string of the molecule is NC(=O)c1c(Cl)cccc1N1CC2CCCC2C1C(=O)O. The molecule has 1 heterocycles. The van der Waals surface area contributed by atoms with E-state index >= 15 is 0 Å². The number of hydrogen-bond donors (Lipinski definition) is 2. The van der Waals surface area contributed by atoms with Crippen LogP contribution in [0.15, 0.2) is 18.2 Å². The predicted octanol–water partition coefficient (Wildman–Crippen LogP) is 2.13. The number of hydrogen-bond acceptors (Lipinski definition) is 3. The van der Waals surface area contributed by atoms with Gasteiger partial charge in [0.1, 0.15) is 6.04 Å². The van der Waals surface area contributed by atoms with Gasteiger partial charge in [-0.25, -0.2) is 4.79 Å². The molecule has 3 rings (SSSR count). The second-order valence-electron chi connectivity index (χ2n) is 5.79. The minimum absolute atomic E-state index is 0.141. The first-order valence-electron chi connectivity index (χ1n) is 7.08. The first-order chi connectivity index (χ1) is 10.0. The number of aliphatic carboxylic acids is 1. The number of nitrogens with zero attached hydrogens (tertiary/aromatic N) is 1. The number of amides is 1. The van der Waals surface area contributed by atoms with Crippen molar-refractivity contribution in [1.82, 2.24) is 0 Å². The van der Waals surface area contributed by atoms with E-state index in [1.54, 1.807) is 23.1 Å². The largest absolute Gasteiger partial charge is 0.480 e. The Balaban J connectivity index is 2.06. The maximum Gasteiger partial charge on any atom is 0.326 e. The summed E-state index contributed by atoms with van der Waals surface area (Å²) < 4.78 is 0. The van der Waals surface area contributed by atoms with Crippen molar-refractivity contribution >= 4 is 29.2 Å². The minimum Gasteiger partial charge on any atom is -0.480 e. The topological polar surface area (TPSA) is 83.6 Å². The normalized spacial score (nSPS) is 27.7. The molecule has 0 bridgehead atoms. The van der Waals surface area contributed by atoms with E-state index in [1.807, 2.05) is 0 Å². The molecule has 0 spiro atoms. The zero-order valence-corrected chi connectivity index (χ0v) is 12.2. The summed E-state index contributed by atoms with van der Waals surface area (Å²) in [7, 11) is 0. The molecular formula is C15H17ClN2O3. The molecule has 3 unspecified atom stereocenters. The lowest BCUT2D eigenvalue weighted by Gasteiger charge is -2.28. The lowest BCUT2D eigenvalue weighted by Crippen LogP contribution is -2.40. The van der Waals surface area contributed by atoms with E-state index in [1.165, 1.54) is 0 Å². The van der Waals surface area contributed by atoms with E-state index in [4.69, 9.17) is 17.3 Å². The van der Waals surface area contributed by atoms with E-state index in [9.17, 15) is 14.7 Å². The van der Waals surface area contributed by atoms with Crippen LogP contribution < -0.4 is 10.6 Å². The summed E-state index contributed by atoms with van der Waals surface area (Å²) in [6, 6.07) is 4.44. The third-order valence-electron chi connectivity index (χ3n) is 4.69. The molecular weight excluding hydrogens is 292 g/mol. The van der Waals surface area contributed by atoms with Crippen molar-refractivity contribution < 1.29 is 14.7 Å². The Morgan fingerprint density at radius 1 is 1.33 bits per heavy atom. The van der Waals surface area contributed by atoms with Gasteiger partial charge in [-0.3, -0.25) is 4.79 Å². The summed E-state index contributed by atoms with van der Waals surface area (Å²) >= 11 is 6.08. The van der Waals surface area contributed by atoms with Crippen molar-refractivity contribution in [2.24, 2.45) is 17.6 Å². The lowest BCUT2D eigenvalue weighted by atomic mass is 9.94. The first kappa shape index (κ1) is 14.2. The highest BCUT2D eigenvalue weighted by molar-refractivity contribution is 6.34. The van der Waals surface area contributed by atoms with Gasteiger partial charge in [0, 0.05) is 6.54 Å². The molecule has 21 heavy (non-hydrogen) atoms. The molecule has 2 aliphatic rings. The molecule has 2 fully saturated rings. The van der Waals surface area contributed by atoms with Gasteiger partial charge in [0.2, 0.25) is 0 Å². The molecule has 112 valence electrons. The summed E-state index contributed by atoms with van der Waals surface area (Å²) in [6.07, 6.45) is 3.03. The van der Waals surface area contributed by atoms with Crippen molar-refractivity contribution in [3.8, 4) is 0 Å². The Labute approximate surface area is 127 Å². The quantitative estimate of drug-likeness (QED) is 0.896. The maximum absolute atomic E-state index is 11.7. The third-order valence-corrected chi connectivity index (χ3v) is 5.01. The number of carbonyl (C=O) groups is 2. The van der Waals surface area contributed by atoms with E-state index in [2.05, 4.69) is 0 Å². The number of carbonyl (C=O) groups excluding carboxylic acids is 1. The van der Waals surface area contributed by atoms with Gasteiger partial charge in [-0.1, -0.05) is 24.1 Å². The van der Waals surface area contributed by atoms with E-state index < -0.39 is 17.9 Å². The van der Waals surface area contributed by atoms with Gasteiger partial charge in [0.25, 0.3) is 5.91 Å². The Morgan fingerprint density at radius 3 is 2.76 bits per heavy atom. The van der Waals surface area contributed by atoms with Crippen LogP contribution in [-0.2, 0) is 4.79 Å². The molecule has 1 aromatic carbocycles. The number of halogens is 1. The average Bonchev–Trinajstić information content (AvgIpc) is 2.96. The smallest absolute Gasteiger partial charge is 0.326 e. The Hall–Kier alpha value is -1.75. The molecule has 1 amide bonds. The minimum atomic E-state index is -0.847. The maximum atomic E-state index is 11.7. The van der Waals surface area contributed by atoms with Crippen LogP contribution in [0.1, 0.15) is 29.6 Å². The first-order valence-corrected chi connectivity index (χ1v) is 7.46. The van der Waals surface area contributed by atoms with Crippen molar-refractivity contribution in [1.29, 1.82) is 0 Å². The molecule has 0 radical (unpaired) electrons. The average molecular weight is 309 g/mol. The second kappa shape index (κ2) is 5.22. The molecule has 1 aliphatic heterocycles. The van der Waals surface area contributed by atoms with Gasteiger partial charge in [-0.2, -0.15) is 0 Å². The van der Waals surface area contributed by atoms with Crippen molar-refractivity contribution in [2.45, 2.75) is 25.3 Å². The monoisotopic (exact) mass is 308 g/mol. The zero-order valence-electron chi connectivity index (χ0n) is 11.5. The van der Waals surface area contributed by atoms with E-state index in [0.29, 0.717) is 18.2 Å². The number of carboxylic acids is 1. The summed E-state index contributed by atoms with van der Waals surface area (Å²) in [4.78, 5) is 25.2. The second-order valence-corrected chi connectivity index (χ2v) is 6.20. The van der Waals surface area contributed by atoms with Gasteiger partial charge >= 0.3 is 5.97 Å². The summed E-state index contributed by atoms with van der Waals surface area (Å²) in [5, 5.41) is 9.87. The predicted molar refractivity (Wildman–Crippen MR) is 79.6 cm³/mol. The van der Waals surface area contributed by atoms with Gasteiger partial charge in [-0.05, 0) is 36.8 Å². The Morgan fingerprint density at radius 2 is 2.10 bits per heavy atom. The fourth-order valence-electron chi connectivity index (χ4n) is 3.87. The molecule has 1 saturated heterocycles. The van der Waals surface area contributed by atoms with E-state index in [0.717, 1.165) is 19.3 Å². The van der Waals surface area contributed by atoms with Crippen LogP contribution in [0.4, 0.5) is 5.69 Å². The Kier molecular flexibility index (Phi) is 3.53. The van der Waals surface area contributed by atoms with Crippen LogP contribution >= 0.6 is 11.6 Å². The number of benzene rings is 1. The molecule has 1 saturated carbocycles. The summed E-state index contributed by atoms with van der Waals surface area (Å²) in [5.41, 5.74) is 6.17. The number of primary amides is 1. The van der Waals surface area contributed by atoms with Crippen LogP contribution in [0.3, 0.4) is 0 Å². The highest BCUT2D eigenvalue weighted by atomic mass is 35.5. The van der Waals surface area contributed by atoms with Crippen LogP contribution in [0.5, 0.6) is 0 Å². The van der Waals surface area contributed by atoms with Crippen LogP contribution in [0.25, 0.3) is 0 Å². The highest BCUT2D eigenvalue weighted by Crippen LogP contribution is 2.45. The highest BCUT2D eigenvalue weighted by Gasteiger charge is 2.48. The zero-order chi connectivity index (χ0) is 15.1. The number of carboxylic acid groups (broad SMARTS) is 1. The summed E-state index contributed by atoms with van der Waals surface area (Å²) in [6.45, 7) is 0.641. The number of anilines is 1. The fourth-order valence-corrected chi connectivity index (χ4v) is 4.13. The molecule has 1 aromatic rings. The van der Waals surface area contributed by atoms with Gasteiger partial charge in [0.15, 0.2) is 0 Å². The van der Waals surface area contributed by atoms with Crippen molar-refractivity contribution in [3.63, 3.8) is 0 Å². The van der Waals surface area contributed by atoms with Gasteiger partial charge < -0.3 is 15.7 Å². The van der Waals surface area contributed by atoms with Crippen molar-refractivity contribution in [3.05, 3.63) is 28.8 Å². The van der Waals surface area contributed by atoms with Crippen LogP contribution in [0.2, 0.25) is 5.02 Å². The molecule has 3 atom stereocenters. The van der Waals surface area contributed by atoms with Gasteiger partial charge in [-0.15, -0.1) is 0 Å². The molecule has 5 nitrogen and oxygen atoms in total. The van der Waals surface area contributed by atoms with E-state index in [-0.39, 0.29) is 16.5 Å². The number of nitrogens with two attached hydrogens (primary N) is 1. The molecule has 1 aliphatic carbocycles. The third kappa shape index (κ3) is 2.25. The molecule has 3 N–H and O–H groups in total. The van der Waals surface area contributed by atoms with Crippen molar-refractivity contribution in [2.75, 3.05) is 11.4 Å². The number of fused-ring (bicyclic) bond motifs is 1. The lowest BCUT2D eigenvalue weighted by molar-refractivity contribution is -0.139. The fraction of sp³-hybridized carbons (Fsp3) is 0.467. The summed E-state index contributed by atoms with van der Waals surface area (Å²) in [5.74, 6) is -0.968. The Bertz CT molecular complexity index is 605. The molecule has 0 aromatic heterocycles.